The Bertz CT molecular complexity index is 963. The molecule has 3 atom stereocenters. The van der Waals surface area contributed by atoms with E-state index in [-0.39, 0.29) is 23.9 Å². The van der Waals surface area contributed by atoms with Crippen molar-refractivity contribution in [3.8, 4) is 0 Å². The van der Waals surface area contributed by atoms with E-state index >= 15 is 0 Å². The minimum absolute atomic E-state index is 0.0876. The van der Waals surface area contributed by atoms with Gasteiger partial charge in [0, 0.05) is 41.8 Å². The normalized spacial score (nSPS) is 22.1. The predicted octanol–water partition coefficient (Wildman–Crippen LogP) is 4.78. The largest absolute Gasteiger partial charge is 0.377 e. The Morgan fingerprint density at radius 2 is 1.85 bits per heavy atom. The number of amides is 1. The van der Waals surface area contributed by atoms with Crippen LogP contribution in [0.4, 0.5) is 11.4 Å². The molecule has 0 saturated carbocycles. The van der Waals surface area contributed by atoms with Crippen LogP contribution in [0.15, 0.2) is 60.8 Å². The van der Waals surface area contributed by atoms with E-state index < -0.39 is 0 Å². The molecule has 0 fully saturated rings. The van der Waals surface area contributed by atoms with Gasteiger partial charge in [0.25, 0.3) is 0 Å². The van der Waals surface area contributed by atoms with E-state index in [9.17, 15) is 4.79 Å². The van der Waals surface area contributed by atoms with Crippen molar-refractivity contribution < 1.29 is 4.79 Å². The summed E-state index contributed by atoms with van der Waals surface area (Å²) >= 11 is 0. The van der Waals surface area contributed by atoms with Crippen LogP contribution in [0.3, 0.4) is 0 Å². The van der Waals surface area contributed by atoms with Gasteiger partial charge in [-0.1, -0.05) is 31.2 Å². The summed E-state index contributed by atoms with van der Waals surface area (Å²) in [5.41, 5.74) is 4.22. The summed E-state index contributed by atoms with van der Waals surface area (Å²) in [5.74, 6) is 0.352. The van der Waals surface area contributed by atoms with Crippen LogP contribution < -0.4 is 10.2 Å². The lowest BCUT2D eigenvalue weighted by molar-refractivity contribution is -0.117. The zero-order valence-corrected chi connectivity index (χ0v) is 15.3. The molecule has 0 saturated heterocycles. The number of hydrogen-bond acceptors (Lipinski definition) is 3. The second kappa shape index (κ2) is 6.45. The van der Waals surface area contributed by atoms with Gasteiger partial charge in [0.05, 0.1) is 11.6 Å². The average Bonchev–Trinajstić information content (AvgIpc) is 2.65. The monoisotopic (exact) mass is 345 g/mol. The third-order valence-corrected chi connectivity index (χ3v) is 5.52. The van der Waals surface area contributed by atoms with Gasteiger partial charge in [0.2, 0.25) is 5.91 Å². The van der Waals surface area contributed by atoms with E-state index in [4.69, 9.17) is 0 Å². The number of aromatic nitrogens is 1. The van der Waals surface area contributed by atoms with Crippen molar-refractivity contribution in [2.75, 3.05) is 10.2 Å². The van der Waals surface area contributed by atoms with Gasteiger partial charge in [-0.2, -0.15) is 0 Å². The Morgan fingerprint density at radius 1 is 1.04 bits per heavy atom. The van der Waals surface area contributed by atoms with Crippen molar-refractivity contribution in [3.05, 3.63) is 66.4 Å². The second-order valence-corrected chi connectivity index (χ2v) is 7.05. The number of fused-ring (bicyclic) bond motifs is 2. The van der Waals surface area contributed by atoms with Crippen LogP contribution in [0.5, 0.6) is 0 Å². The Morgan fingerprint density at radius 3 is 2.65 bits per heavy atom. The van der Waals surface area contributed by atoms with E-state index in [2.05, 4.69) is 42.3 Å². The van der Waals surface area contributed by atoms with E-state index in [1.807, 2.05) is 47.5 Å². The topological polar surface area (TPSA) is 45.2 Å². The first-order valence-electron chi connectivity index (χ1n) is 9.07. The number of para-hydroxylation sites is 1. The molecule has 1 amide bonds. The fraction of sp³-hybridized carbons (Fsp3) is 0.273. The molecule has 132 valence electrons. The number of nitrogens with one attached hydrogen (secondary N) is 1. The summed E-state index contributed by atoms with van der Waals surface area (Å²) in [7, 11) is 0. The summed E-state index contributed by atoms with van der Waals surface area (Å²) in [5, 5.41) is 4.85. The standard InChI is InChI=1S/C22H23N3O/c1-14-15(2)25(16(3)26)21-12-5-4-8-18(21)22(14)24-20-11-6-10-19-17(20)9-7-13-23-19/h4-15,22,24H,1-3H3/t14-,15-,22?/m0/s1. The SMILES string of the molecule is CC(=O)N1c2ccccc2C(Nc2cccc3ncccc23)[C@@H](C)[C@@H]1C. The average molecular weight is 345 g/mol. The summed E-state index contributed by atoms with van der Waals surface area (Å²) in [6.07, 6.45) is 1.82. The van der Waals surface area contributed by atoms with E-state index in [1.54, 1.807) is 6.92 Å². The van der Waals surface area contributed by atoms with Crippen molar-refractivity contribution in [1.82, 2.24) is 4.98 Å². The lowest BCUT2D eigenvalue weighted by Crippen LogP contribution is -2.48. The first kappa shape index (κ1) is 16.6. The molecule has 1 N–H and O–H groups in total. The second-order valence-electron chi connectivity index (χ2n) is 7.05. The van der Waals surface area contributed by atoms with Crippen LogP contribution in [0.1, 0.15) is 32.4 Å². The van der Waals surface area contributed by atoms with Crippen molar-refractivity contribution in [2.24, 2.45) is 5.92 Å². The fourth-order valence-corrected chi connectivity index (χ4v) is 4.05. The van der Waals surface area contributed by atoms with Gasteiger partial charge in [0.15, 0.2) is 0 Å². The molecule has 0 aliphatic carbocycles. The minimum Gasteiger partial charge on any atom is -0.377 e. The molecule has 1 aromatic heterocycles. The number of hydrogen-bond donors (Lipinski definition) is 1. The maximum absolute atomic E-state index is 12.3. The highest BCUT2D eigenvalue weighted by Gasteiger charge is 2.37. The zero-order valence-electron chi connectivity index (χ0n) is 15.3. The number of rotatable bonds is 2. The lowest BCUT2D eigenvalue weighted by Gasteiger charge is -2.44. The summed E-state index contributed by atoms with van der Waals surface area (Å²) < 4.78 is 0. The highest BCUT2D eigenvalue weighted by Crippen LogP contribution is 2.42. The number of carbonyl (C=O) groups excluding carboxylic acids is 1. The van der Waals surface area contributed by atoms with E-state index in [0.717, 1.165) is 27.8 Å². The number of anilines is 2. The van der Waals surface area contributed by atoms with Crippen LogP contribution in [0.25, 0.3) is 10.9 Å². The van der Waals surface area contributed by atoms with E-state index in [0.29, 0.717) is 0 Å². The first-order chi connectivity index (χ1) is 12.6. The number of benzene rings is 2. The van der Waals surface area contributed by atoms with Crippen molar-refractivity contribution in [1.29, 1.82) is 0 Å². The smallest absolute Gasteiger partial charge is 0.224 e. The van der Waals surface area contributed by atoms with Gasteiger partial charge in [-0.3, -0.25) is 9.78 Å². The summed E-state index contributed by atoms with van der Waals surface area (Å²) in [6.45, 7) is 5.98. The molecule has 0 spiro atoms. The Balaban J connectivity index is 1.80. The Kier molecular flexibility index (Phi) is 4.11. The van der Waals surface area contributed by atoms with Gasteiger partial charge in [-0.25, -0.2) is 0 Å². The van der Waals surface area contributed by atoms with Crippen LogP contribution >= 0.6 is 0 Å². The fourth-order valence-electron chi connectivity index (χ4n) is 4.05. The number of nitrogens with zero attached hydrogens (tertiary/aromatic N) is 2. The van der Waals surface area contributed by atoms with Gasteiger partial charge in [0.1, 0.15) is 0 Å². The molecule has 4 rings (SSSR count). The van der Waals surface area contributed by atoms with Crippen LogP contribution in [-0.4, -0.2) is 16.9 Å². The van der Waals surface area contributed by atoms with Gasteiger partial charge < -0.3 is 10.2 Å². The maximum atomic E-state index is 12.3. The summed E-state index contributed by atoms with van der Waals surface area (Å²) in [4.78, 5) is 18.6. The molecule has 4 nitrogen and oxygen atoms in total. The molecule has 3 aromatic rings. The number of carbonyl (C=O) groups is 1. The summed E-state index contributed by atoms with van der Waals surface area (Å²) in [6, 6.07) is 18.7. The molecular formula is C22H23N3O. The molecule has 0 radical (unpaired) electrons. The Hall–Kier alpha value is -2.88. The maximum Gasteiger partial charge on any atom is 0.224 e. The quantitative estimate of drug-likeness (QED) is 0.727. The first-order valence-corrected chi connectivity index (χ1v) is 9.07. The molecule has 2 heterocycles. The third kappa shape index (κ3) is 2.62. The van der Waals surface area contributed by atoms with Crippen molar-refractivity contribution in [3.63, 3.8) is 0 Å². The molecular weight excluding hydrogens is 322 g/mol. The molecule has 2 aromatic carbocycles. The third-order valence-electron chi connectivity index (χ3n) is 5.52. The molecule has 1 aliphatic heterocycles. The van der Waals surface area contributed by atoms with Crippen LogP contribution in [-0.2, 0) is 4.79 Å². The molecule has 26 heavy (non-hydrogen) atoms. The molecule has 1 unspecified atom stereocenters. The molecule has 4 heteroatoms. The van der Waals surface area contributed by atoms with Crippen LogP contribution in [0, 0.1) is 5.92 Å². The van der Waals surface area contributed by atoms with Gasteiger partial charge in [-0.05, 0) is 42.8 Å². The molecule has 1 aliphatic rings. The predicted molar refractivity (Wildman–Crippen MR) is 106 cm³/mol. The highest BCUT2D eigenvalue weighted by atomic mass is 16.2. The van der Waals surface area contributed by atoms with Crippen molar-refractivity contribution >= 4 is 28.2 Å². The Labute approximate surface area is 153 Å². The molecule has 0 bridgehead atoms. The number of pyridine rings is 1. The van der Waals surface area contributed by atoms with Gasteiger partial charge in [-0.15, -0.1) is 0 Å². The van der Waals surface area contributed by atoms with Gasteiger partial charge >= 0.3 is 0 Å². The highest BCUT2D eigenvalue weighted by molar-refractivity contribution is 5.95. The van der Waals surface area contributed by atoms with E-state index in [1.165, 1.54) is 0 Å². The van der Waals surface area contributed by atoms with Crippen LogP contribution in [0.2, 0.25) is 0 Å². The minimum atomic E-state index is 0.0876. The van der Waals surface area contributed by atoms with Crippen molar-refractivity contribution in [2.45, 2.75) is 32.9 Å². The lowest BCUT2D eigenvalue weighted by atomic mass is 9.82. The zero-order chi connectivity index (χ0) is 18.3.